The number of aromatic amines is 1. The number of guanidine groups is 1. The second-order valence-corrected chi connectivity index (χ2v) is 10.6. The van der Waals surface area contributed by atoms with E-state index in [0.29, 0.717) is 47.5 Å². The van der Waals surface area contributed by atoms with Crippen LogP contribution in [0, 0.1) is 5.82 Å². The fraction of sp³-hybridized carbons (Fsp3) is 0.300. The van der Waals surface area contributed by atoms with Crippen molar-refractivity contribution in [2.75, 3.05) is 6.54 Å². The highest BCUT2D eigenvalue weighted by molar-refractivity contribution is 6.31. The molecule has 0 aliphatic rings. The van der Waals surface area contributed by atoms with Crippen LogP contribution in [-0.2, 0) is 13.0 Å². The Bertz CT molecular complexity index is 1590. The van der Waals surface area contributed by atoms with Crippen LogP contribution in [0.3, 0.4) is 0 Å². The van der Waals surface area contributed by atoms with Gasteiger partial charge in [-0.15, -0.1) is 6.58 Å². The topological polar surface area (TPSA) is 153 Å². The number of hydrogen-bond donors (Lipinski definition) is 5. The van der Waals surface area contributed by atoms with Crippen LogP contribution < -0.4 is 28.2 Å². The lowest BCUT2D eigenvalue weighted by Gasteiger charge is -2.14. The number of benzene rings is 2. The molecule has 8 N–H and O–H groups in total. The largest absolute Gasteiger partial charge is 0.370 e. The first-order valence-corrected chi connectivity index (χ1v) is 13.9. The number of hydrogen-bond acceptors (Lipinski definition) is 5. The molecule has 0 fully saturated rings. The molecule has 4 aromatic rings. The number of nitrogens with one attached hydrogen (secondary N) is 2. The van der Waals surface area contributed by atoms with Gasteiger partial charge in [-0.25, -0.2) is 9.18 Å². The van der Waals surface area contributed by atoms with Gasteiger partial charge in [-0.3, -0.25) is 9.56 Å². The lowest BCUT2D eigenvalue weighted by molar-refractivity contribution is 0.562. The fourth-order valence-corrected chi connectivity index (χ4v) is 4.84. The molecule has 0 unspecified atom stereocenters. The molecule has 2 heterocycles. The van der Waals surface area contributed by atoms with Crippen molar-refractivity contribution in [1.29, 1.82) is 0 Å². The quantitative estimate of drug-likeness (QED) is 0.0912. The zero-order valence-electron chi connectivity index (χ0n) is 23.0. The average molecular weight is 579 g/mol. The fourth-order valence-electron chi connectivity index (χ4n) is 4.60. The number of fused-ring (bicyclic) bond motifs is 1. The van der Waals surface area contributed by atoms with E-state index in [-0.39, 0.29) is 23.1 Å². The molecule has 41 heavy (non-hydrogen) atoms. The average Bonchev–Trinajstić information content (AvgIpc) is 3.34. The van der Waals surface area contributed by atoms with Gasteiger partial charge >= 0.3 is 5.69 Å². The zero-order chi connectivity index (χ0) is 29.5. The summed E-state index contributed by atoms with van der Waals surface area (Å²) in [5, 5.41) is 4.11. The summed E-state index contributed by atoms with van der Waals surface area (Å²) in [7, 11) is 0. The molecule has 11 heteroatoms. The molecule has 2 atom stereocenters. The maximum Gasteiger partial charge on any atom is 0.354 e. The van der Waals surface area contributed by atoms with Crippen LogP contribution in [0.25, 0.3) is 28.0 Å². The Hall–Kier alpha value is -3.99. The Labute approximate surface area is 243 Å². The van der Waals surface area contributed by atoms with Crippen molar-refractivity contribution >= 4 is 28.6 Å². The molecular weight excluding hydrogens is 543 g/mol. The standard InChI is InChI=1S/C30H36ClFN8O/c1-3-22(11-12-36-29(34)35)37-16-19-7-9-23(10-8-19)40-17-21-15-26(38-28(21)39-30(40)41)24-13-20(6-4-5-18(2)33)14-25(31)27(24)32/h3,7-10,13-15,17-18,22,37H,1,4-6,11-12,16,33H2,2H3,(H4,34,35,36)(H,38,39,41)/t18-,22-/m0/s1. The van der Waals surface area contributed by atoms with Gasteiger partial charge in [0.1, 0.15) is 5.65 Å². The van der Waals surface area contributed by atoms with E-state index in [0.717, 1.165) is 30.4 Å². The van der Waals surface area contributed by atoms with Gasteiger partial charge in [0.25, 0.3) is 0 Å². The van der Waals surface area contributed by atoms with E-state index in [9.17, 15) is 4.79 Å². The van der Waals surface area contributed by atoms with Crippen molar-refractivity contribution in [3.8, 4) is 16.9 Å². The van der Waals surface area contributed by atoms with Gasteiger partial charge in [0, 0.05) is 42.3 Å². The van der Waals surface area contributed by atoms with E-state index in [4.69, 9.17) is 28.8 Å². The highest BCUT2D eigenvalue weighted by atomic mass is 35.5. The van der Waals surface area contributed by atoms with Crippen LogP contribution in [-0.4, -0.2) is 39.1 Å². The third kappa shape index (κ3) is 7.81. The van der Waals surface area contributed by atoms with Gasteiger partial charge in [-0.05, 0) is 74.1 Å². The summed E-state index contributed by atoms with van der Waals surface area (Å²) in [6.45, 7) is 6.92. The maximum absolute atomic E-state index is 15.1. The molecule has 0 radical (unpaired) electrons. The first-order chi connectivity index (χ1) is 19.6. The molecule has 2 aromatic heterocycles. The Kier molecular flexibility index (Phi) is 9.93. The van der Waals surface area contributed by atoms with Crippen molar-refractivity contribution in [2.24, 2.45) is 22.2 Å². The molecule has 4 rings (SSSR count). The summed E-state index contributed by atoms with van der Waals surface area (Å²) in [5.41, 5.74) is 20.0. The molecule has 0 bridgehead atoms. The van der Waals surface area contributed by atoms with Crippen LogP contribution in [0.1, 0.15) is 37.3 Å². The predicted molar refractivity (Wildman–Crippen MR) is 165 cm³/mol. The molecule has 0 aliphatic heterocycles. The highest BCUT2D eigenvalue weighted by Gasteiger charge is 2.16. The minimum absolute atomic E-state index is 0.0461. The monoisotopic (exact) mass is 578 g/mol. The summed E-state index contributed by atoms with van der Waals surface area (Å²) >= 11 is 6.23. The molecule has 2 aromatic carbocycles. The van der Waals surface area contributed by atoms with E-state index in [2.05, 4.69) is 26.9 Å². The number of nitrogens with zero attached hydrogens (tertiary/aromatic N) is 3. The number of halogens is 2. The second kappa shape index (κ2) is 13.6. The summed E-state index contributed by atoms with van der Waals surface area (Å²) in [6, 6.07) is 12.9. The van der Waals surface area contributed by atoms with Gasteiger partial charge in [0.2, 0.25) is 0 Å². The Morgan fingerprint density at radius 3 is 2.66 bits per heavy atom. The van der Waals surface area contributed by atoms with Gasteiger partial charge in [-0.2, -0.15) is 4.98 Å². The molecule has 0 amide bonds. The molecule has 216 valence electrons. The van der Waals surface area contributed by atoms with Gasteiger partial charge in [0.15, 0.2) is 11.8 Å². The van der Waals surface area contributed by atoms with Crippen molar-refractivity contribution in [3.63, 3.8) is 0 Å². The number of aromatic nitrogens is 3. The minimum Gasteiger partial charge on any atom is -0.370 e. The molecular formula is C30H36ClFN8O. The number of nitrogens with two attached hydrogens (primary N) is 3. The van der Waals surface area contributed by atoms with Crippen molar-refractivity contribution in [2.45, 2.75) is 51.2 Å². The van der Waals surface area contributed by atoms with E-state index < -0.39 is 11.5 Å². The normalized spacial score (nSPS) is 12.8. The van der Waals surface area contributed by atoms with Crippen LogP contribution in [0.2, 0.25) is 5.02 Å². The van der Waals surface area contributed by atoms with E-state index in [1.165, 1.54) is 4.57 Å². The number of rotatable bonds is 13. The SMILES string of the molecule is C=C[C@@H](CCN=C(N)N)NCc1ccc(-n2cc3cc(-c4cc(CCC[C@H](C)N)cc(Cl)c4F)[nH]c3nc2=O)cc1. The summed E-state index contributed by atoms with van der Waals surface area (Å²) in [5.74, 6) is -0.458. The van der Waals surface area contributed by atoms with Crippen LogP contribution >= 0.6 is 11.6 Å². The van der Waals surface area contributed by atoms with Crippen molar-refractivity contribution in [3.05, 3.63) is 93.8 Å². The number of aliphatic imine (C=N–C) groups is 1. The summed E-state index contributed by atoms with van der Waals surface area (Å²) < 4.78 is 16.5. The maximum atomic E-state index is 15.1. The van der Waals surface area contributed by atoms with Crippen molar-refractivity contribution in [1.82, 2.24) is 19.9 Å². The number of H-pyrrole nitrogens is 1. The lowest BCUT2D eigenvalue weighted by Crippen LogP contribution is -2.28. The Morgan fingerprint density at radius 2 is 1.98 bits per heavy atom. The molecule has 0 saturated carbocycles. The van der Waals surface area contributed by atoms with Crippen LogP contribution in [0.4, 0.5) is 4.39 Å². The van der Waals surface area contributed by atoms with E-state index in [1.807, 2.05) is 37.3 Å². The van der Waals surface area contributed by atoms with Gasteiger partial charge < -0.3 is 27.5 Å². The van der Waals surface area contributed by atoms with E-state index in [1.54, 1.807) is 24.4 Å². The predicted octanol–water partition coefficient (Wildman–Crippen LogP) is 4.15. The molecule has 9 nitrogen and oxygen atoms in total. The van der Waals surface area contributed by atoms with Crippen LogP contribution in [0.5, 0.6) is 0 Å². The zero-order valence-corrected chi connectivity index (χ0v) is 23.8. The summed E-state index contributed by atoms with van der Waals surface area (Å²) in [4.78, 5) is 24.2. The lowest BCUT2D eigenvalue weighted by atomic mass is 10.0. The third-order valence-corrected chi connectivity index (χ3v) is 7.09. The third-order valence-electron chi connectivity index (χ3n) is 6.81. The molecule has 0 aliphatic carbocycles. The summed E-state index contributed by atoms with van der Waals surface area (Å²) in [6.07, 6.45) is 6.70. The Morgan fingerprint density at radius 1 is 1.22 bits per heavy atom. The smallest absolute Gasteiger partial charge is 0.354 e. The molecule has 0 saturated heterocycles. The second-order valence-electron chi connectivity index (χ2n) is 10.2. The van der Waals surface area contributed by atoms with E-state index >= 15 is 4.39 Å². The van der Waals surface area contributed by atoms with Crippen LogP contribution in [0.15, 0.2) is 71.1 Å². The van der Waals surface area contributed by atoms with Gasteiger partial charge in [0.05, 0.1) is 16.4 Å². The molecule has 0 spiro atoms. The van der Waals surface area contributed by atoms with Gasteiger partial charge in [-0.1, -0.05) is 29.8 Å². The first kappa shape index (κ1) is 30.0. The Balaban J connectivity index is 1.52. The number of aryl methyl sites for hydroxylation is 1. The first-order valence-electron chi connectivity index (χ1n) is 13.5. The highest BCUT2D eigenvalue weighted by Crippen LogP contribution is 2.31. The van der Waals surface area contributed by atoms with Crippen molar-refractivity contribution < 1.29 is 4.39 Å². The minimum atomic E-state index is -0.525.